The van der Waals surface area contributed by atoms with Crippen LogP contribution in [-0.2, 0) is 27.8 Å². The molecule has 1 amide bonds. The van der Waals surface area contributed by atoms with Crippen molar-refractivity contribution in [1.29, 1.82) is 0 Å². The number of nitrogens with one attached hydrogen (secondary N) is 1. The van der Waals surface area contributed by atoms with Crippen molar-refractivity contribution in [2.45, 2.75) is 31.7 Å². The predicted octanol–water partition coefficient (Wildman–Crippen LogP) is 2.81. The molecule has 0 unspecified atom stereocenters. The van der Waals surface area contributed by atoms with Crippen LogP contribution in [0, 0.1) is 12.7 Å². The van der Waals surface area contributed by atoms with Crippen LogP contribution in [-0.4, -0.2) is 31.1 Å². The zero-order valence-electron chi connectivity index (χ0n) is 16.8. The highest BCUT2D eigenvalue weighted by atomic mass is 32.2. The van der Waals surface area contributed by atoms with Gasteiger partial charge in [-0.3, -0.25) is 14.4 Å². The summed E-state index contributed by atoms with van der Waals surface area (Å²) in [7, 11) is -4.01. The third-order valence-electron chi connectivity index (χ3n) is 4.73. The second-order valence-electron chi connectivity index (χ2n) is 6.92. The molecule has 1 aromatic heterocycles. The van der Waals surface area contributed by atoms with E-state index in [9.17, 15) is 17.6 Å². The molecule has 2 heterocycles. The Morgan fingerprint density at radius 3 is 2.74 bits per heavy atom. The van der Waals surface area contributed by atoms with Crippen molar-refractivity contribution in [3.63, 3.8) is 0 Å². The number of benzene rings is 2. The number of sulfonamides is 1. The minimum atomic E-state index is -4.01. The fourth-order valence-corrected chi connectivity index (χ4v) is 4.26. The van der Waals surface area contributed by atoms with E-state index in [0.717, 1.165) is 0 Å². The van der Waals surface area contributed by atoms with Gasteiger partial charge in [-0.2, -0.15) is 4.98 Å². The van der Waals surface area contributed by atoms with E-state index in [0.29, 0.717) is 29.4 Å². The first kappa shape index (κ1) is 20.8. The molecule has 1 aliphatic heterocycles. The number of carbonyl (C=O) groups excluding carboxylic acids is 1. The Morgan fingerprint density at radius 2 is 2.03 bits per heavy atom. The monoisotopic (exact) mass is 446 g/mol. The van der Waals surface area contributed by atoms with Gasteiger partial charge in [0.15, 0.2) is 12.4 Å². The van der Waals surface area contributed by atoms with Crippen LogP contribution in [0.5, 0.6) is 5.75 Å². The van der Waals surface area contributed by atoms with Gasteiger partial charge in [0.1, 0.15) is 11.6 Å². The molecular formula is C20H19FN4O5S. The molecule has 2 aromatic carbocycles. The van der Waals surface area contributed by atoms with Crippen molar-refractivity contribution in [2.24, 2.45) is 0 Å². The molecule has 0 bridgehead atoms. The second-order valence-corrected chi connectivity index (χ2v) is 8.60. The molecule has 31 heavy (non-hydrogen) atoms. The fourth-order valence-electron chi connectivity index (χ4n) is 3.11. The number of hydrogen-bond donors (Lipinski definition) is 1. The molecule has 0 saturated heterocycles. The molecule has 11 heteroatoms. The molecule has 3 aromatic rings. The summed E-state index contributed by atoms with van der Waals surface area (Å²) in [6.45, 7) is 3.27. The molecule has 0 fully saturated rings. The molecule has 9 nitrogen and oxygen atoms in total. The van der Waals surface area contributed by atoms with Crippen molar-refractivity contribution >= 4 is 27.3 Å². The van der Waals surface area contributed by atoms with Gasteiger partial charge in [-0.1, -0.05) is 12.1 Å². The Labute approximate surface area is 177 Å². The van der Waals surface area contributed by atoms with Crippen LogP contribution >= 0.6 is 0 Å². The summed E-state index contributed by atoms with van der Waals surface area (Å²) in [6, 6.07) is 7.94. The lowest BCUT2D eigenvalue weighted by Crippen LogP contribution is -2.38. The number of amides is 1. The third-order valence-corrected chi connectivity index (χ3v) is 6.09. The van der Waals surface area contributed by atoms with Crippen LogP contribution in [0.2, 0.25) is 0 Å². The number of carbonyl (C=O) groups is 1. The van der Waals surface area contributed by atoms with E-state index < -0.39 is 15.8 Å². The maximum Gasteiger partial charge on any atom is 0.265 e. The summed E-state index contributed by atoms with van der Waals surface area (Å²) in [5.74, 6) is 0.258. The summed E-state index contributed by atoms with van der Waals surface area (Å²) >= 11 is 0. The number of aromatic nitrogens is 2. The van der Waals surface area contributed by atoms with Gasteiger partial charge in [-0.15, -0.1) is 0 Å². The Bertz CT molecular complexity index is 1260. The lowest BCUT2D eigenvalue weighted by Gasteiger charge is -2.28. The highest BCUT2D eigenvalue weighted by Crippen LogP contribution is 2.35. The number of aryl methyl sites for hydroxylation is 2. The maximum absolute atomic E-state index is 13.3. The Morgan fingerprint density at radius 1 is 1.23 bits per heavy atom. The van der Waals surface area contributed by atoms with Gasteiger partial charge in [0.25, 0.3) is 15.9 Å². The van der Waals surface area contributed by atoms with Crippen molar-refractivity contribution in [3.8, 4) is 5.75 Å². The molecule has 0 aliphatic carbocycles. The van der Waals surface area contributed by atoms with E-state index >= 15 is 0 Å². The summed E-state index contributed by atoms with van der Waals surface area (Å²) in [4.78, 5) is 18.0. The van der Waals surface area contributed by atoms with E-state index in [1.165, 1.54) is 41.3 Å². The predicted molar refractivity (Wildman–Crippen MR) is 109 cm³/mol. The van der Waals surface area contributed by atoms with Crippen molar-refractivity contribution in [2.75, 3.05) is 16.2 Å². The van der Waals surface area contributed by atoms with E-state index in [2.05, 4.69) is 14.9 Å². The quantitative estimate of drug-likeness (QED) is 0.619. The minimum absolute atomic E-state index is 0.00664. The summed E-state index contributed by atoms with van der Waals surface area (Å²) in [6.07, 6.45) is 0.553. The average Bonchev–Trinajstić information content (AvgIpc) is 3.19. The largest absolute Gasteiger partial charge is 0.482 e. The third kappa shape index (κ3) is 4.22. The van der Waals surface area contributed by atoms with Gasteiger partial charge in [-0.05, 0) is 48.9 Å². The average molecular weight is 446 g/mol. The minimum Gasteiger partial charge on any atom is -0.482 e. The number of fused-ring (bicyclic) bond motifs is 1. The molecule has 0 radical (unpaired) electrons. The number of halogens is 1. The van der Waals surface area contributed by atoms with Crippen LogP contribution < -0.4 is 14.4 Å². The summed E-state index contributed by atoms with van der Waals surface area (Å²) in [5, 5.41) is 3.85. The highest BCUT2D eigenvalue weighted by Gasteiger charge is 2.29. The van der Waals surface area contributed by atoms with E-state index in [-0.39, 0.29) is 35.3 Å². The molecule has 1 N–H and O–H groups in total. The molecule has 1 aliphatic rings. The topological polar surface area (TPSA) is 115 Å². The van der Waals surface area contributed by atoms with Gasteiger partial charge in [0, 0.05) is 6.42 Å². The summed E-state index contributed by atoms with van der Waals surface area (Å²) in [5.41, 5.74) is 0.963. The Hall–Kier alpha value is -3.47. The zero-order chi connectivity index (χ0) is 22.2. The molecular weight excluding hydrogens is 427 g/mol. The van der Waals surface area contributed by atoms with Gasteiger partial charge >= 0.3 is 0 Å². The maximum atomic E-state index is 13.3. The van der Waals surface area contributed by atoms with Crippen LogP contribution in [0.3, 0.4) is 0 Å². The molecule has 162 valence electrons. The van der Waals surface area contributed by atoms with Crippen LogP contribution in [0.4, 0.5) is 15.8 Å². The van der Waals surface area contributed by atoms with Crippen molar-refractivity contribution in [1.82, 2.24) is 10.1 Å². The van der Waals surface area contributed by atoms with Crippen LogP contribution in [0.15, 0.2) is 45.8 Å². The van der Waals surface area contributed by atoms with E-state index in [4.69, 9.17) is 9.26 Å². The number of hydrogen-bond acceptors (Lipinski definition) is 7. The number of rotatable bonds is 6. The zero-order valence-corrected chi connectivity index (χ0v) is 17.6. The smallest absolute Gasteiger partial charge is 0.265 e. The standard InChI is InChI=1S/C20H19FN4O5S/c1-3-19-22-18(23-30-19)10-25-16-9-14(5-7-17(16)29-11-20(25)26)31(27,28)24-15-6-4-13(21)8-12(15)2/h4-9,24H,3,10-11H2,1-2H3. The fraction of sp³-hybridized carbons (Fsp3) is 0.250. The second kappa shape index (κ2) is 7.99. The van der Waals surface area contributed by atoms with Gasteiger partial charge < -0.3 is 9.26 Å². The SMILES string of the molecule is CCc1nc(CN2C(=O)COc3ccc(S(=O)(=O)Nc4ccc(F)cc4C)cc32)no1. The Balaban J connectivity index is 1.67. The van der Waals surface area contributed by atoms with Crippen LogP contribution in [0.25, 0.3) is 0 Å². The van der Waals surface area contributed by atoms with Crippen LogP contribution in [0.1, 0.15) is 24.2 Å². The van der Waals surface area contributed by atoms with Crippen molar-refractivity contribution < 1.29 is 26.9 Å². The first-order chi connectivity index (χ1) is 14.8. The van der Waals surface area contributed by atoms with E-state index in [1.807, 2.05) is 6.92 Å². The number of anilines is 2. The first-order valence-electron chi connectivity index (χ1n) is 9.44. The van der Waals surface area contributed by atoms with Crippen molar-refractivity contribution in [3.05, 3.63) is 59.5 Å². The molecule has 4 rings (SSSR count). The normalized spacial score (nSPS) is 13.6. The summed E-state index contributed by atoms with van der Waals surface area (Å²) < 4.78 is 52.1. The first-order valence-corrected chi connectivity index (χ1v) is 10.9. The van der Waals surface area contributed by atoms with Gasteiger partial charge in [0.2, 0.25) is 5.89 Å². The molecule has 0 spiro atoms. The lowest BCUT2D eigenvalue weighted by atomic mass is 10.2. The lowest BCUT2D eigenvalue weighted by molar-refractivity contribution is -0.121. The highest BCUT2D eigenvalue weighted by molar-refractivity contribution is 7.92. The van der Waals surface area contributed by atoms with E-state index in [1.54, 1.807) is 6.92 Å². The number of ether oxygens (including phenoxy) is 1. The molecule has 0 atom stereocenters. The van der Waals surface area contributed by atoms with Gasteiger partial charge in [-0.25, -0.2) is 12.8 Å². The Kier molecular flexibility index (Phi) is 5.36. The van der Waals surface area contributed by atoms with Gasteiger partial charge in [0.05, 0.1) is 22.8 Å². The number of nitrogens with zero attached hydrogens (tertiary/aromatic N) is 3. The molecule has 0 saturated carbocycles.